The number of aliphatic hydroxyl groups excluding tert-OH is 1. The van der Waals surface area contributed by atoms with Crippen molar-refractivity contribution in [2.75, 3.05) is 20.1 Å². The molecule has 1 aliphatic heterocycles. The number of aliphatic hydroxyl groups is 1. The van der Waals surface area contributed by atoms with E-state index in [0.717, 1.165) is 18.9 Å². The molecule has 0 aromatic heterocycles. The zero-order chi connectivity index (χ0) is 7.35. The minimum Gasteiger partial charge on any atom is -0.392 e. The van der Waals surface area contributed by atoms with Gasteiger partial charge in [0, 0.05) is 18.5 Å². The third kappa shape index (κ3) is 0.611. The molecule has 2 fully saturated rings. The van der Waals surface area contributed by atoms with Gasteiger partial charge in [0.15, 0.2) is 0 Å². The van der Waals surface area contributed by atoms with E-state index in [1.807, 2.05) is 0 Å². The second-order valence-corrected chi connectivity index (χ2v) is 4.15. The smallest absolute Gasteiger partial charge is 0.0612 e. The van der Waals surface area contributed by atoms with E-state index in [9.17, 15) is 5.11 Å². The average molecular weight is 141 g/mol. The fourth-order valence-corrected chi connectivity index (χ4v) is 2.46. The summed E-state index contributed by atoms with van der Waals surface area (Å²) in [5.41, 5.74) is 0.245. The molecule has 1 saturated carbocycles. The predicted molar refractivity (Wildman–Crippen MR) is 39.7 cm³/mol. The van der Waals surface area contributed by atoms with Crippen molar-refractivity contribution in [1.82, 2.24) is 4.90 Å². The van der Waals surface area contributed by atoms with Crippen LogP contribution < -0.4 is 0 Å². The number of rotatable bonds is 0. The lowest BCUT2D eigenvalue weighted by molar-refractivity contribution is -0.0794. The molecular formula is C8H15NO. The van der Waals surface area contributed by atoms with Crippen LogP contribution in [-0.4, -0.2) is 36.2 Å². The summed E-state index contributed by atoms with van der Waals surface area (Å²) in [6.45, 7) is 4.47. The zero-order valence-electron chi connectivity index (χ0n) is 6.67. The van der Waals surface area contributed by atoms with Crippen LogP contribution in [0.15, 0.2) is 0 Å². The van der Waals surface area contributed by atoms with Crippen molar-refractivity contribution in [1.29, 1.82) is 0 Å². The third-order valence-corrected chi connectivity index (χ3v) is 3.34. The van der Waals surface area contributed by atoms with E-state index >= 15 is 0 Å². The summed E-state index contributed by atoms with van der Waals surface area (Å²) in [7, 11) is 2.14. The zero-order valence-corrected chi connectivity index (χ0v) is 6.67. The van der Waals surface area contributed by atoms with Crippen LogP contribution in [0.5, 0.6) is 0 Å². The van der Waals surface area contributed by atoms with Gasteiger partial charge in [0.05, 0.1) is 6.10 Å². The second kappa shape index (κ2) is 1.74. The molecule has 3 atom stereocenters. The fraction of sp³-hybridized carbons (Fsp3) is 1.00. The highest BCUT2D eigenvalue weighted by Crippen LogP contribution is 2.50. The Morgan fingerprint density at radius 2 is 2.30 bits per heavy atom. The molecule has 1 N–H and O–H groups in total. The Morgan fingerprint density at radius 3 is 2.70 bits per heavy atom. The Bertz CT molecular complexity index is 159. The van der Waals surface area contributed by atoms with Crippen LogP contribution in [0, 0.1) is 11.3 Å². The van der Waals surface area contributed by atoms with Gasteiger partial charge < -0.3 is 10.0 Å². The summed E-state index contributed by atoms with van der Waals surface area (Å²) in [5, 5.41) is 9.47. The molecule has 2 heteroatoms. The Kier molecular flexibility index (Phi) is 1.15. The lowest BCUT2D eigenvalue weighted by Crippen LogP contribution is -2.50. The van der Waals surface area contributed by atoms with Crippen LogP contribution in [0.3, 0.4) is 0 Å². The third-order valence-electron chi connectivity index (χ3n) is 3.34. The van der Waals surface area contributed by atoms with Gasteiger partial charge in [-0.15, -0.1) is 0 Å². The SMILES string of the molecule is CN1CC2CC(O)C2(C)C1. The Labute approximate surface area is 61.8 Å². The maximum absolute atomic E-state index is 9.47. The molecule has 0 radical (unpaired) electrons. The summed E-state index contributed by atoms with van der Waals surface area (Å²) in [4.78, 5) is 2.32. The van der Waals surface area contributed by atoms with E-state index in [2.05, 4.69) is 18.9 Å². The van der Waals surface area contributed by atoms with Crippen molar-refractivity contribution in [3.63, 3.8) is 0 Å². The van der Waals surface area contributed by atoms with Crippen molar-refractivity contribution in [3.05, 3.63) is 0 Å². The number of nitrogens with zero attached hydrogens (tertiary/aromatic N) is 1. The first kappa shape index (κ1) is 6.62. The van der Waals surface area contributed by atoms with Gasteiger partial charge in [-0.05, 0) is 19.4 Å². The first-order valence-corrected chi connectivity index (χ1v) is 3.99. The molecule has 2 nitrogen and oxygen atoms in total. The van der Waals surface area contributed by atoms with Gasteiger partial charge in [0.2, 0.25) is 0 Å². The van der Waals surface area contributed by atoms with Gasteiger partial charge in [0.25, 0.3) is 0 Å². The molecule has 2 aliphatic rings. The molecule has 0 bridgehead atoms. The Morgan fingerprint density at radius 1 is 1.60 bits per heavy atom. The molecule has 10 heavy (non-hydrogen) atoms. The number of fused-ring (bicyclic) bond motifs is 1. The van der Waals surface area contributed by atoms with Gasteiger partial charge in [-0.25, -0.2) is 0 Å². The van der Waals surface area contributed by atoms with E-state index in [1.165, 1.54) is 6.54 Å². The molecule has 1 saturated heterocycles. The minimum atomic E-state index is -0.0255. The first-order chi connectivity index (χ1) is 4.63. The summed E-state index contributed by atoms with van der Waals surface area (Å²) in [6, 6.07) is 0. The summed E-state index contributed by atoms with van der Waals surface area (Å²) >= 11 is 0. The number of hydrogen-bond donors (Lipinski definition) is 1. The van der Waals surface area contributed by atoms with Gasteiger partial charge in [-0.1, -0.05) is 6.92 Å². The molecule has 1 aliphatic carbocycles. The lowest BCUT2D eigenvalue weighted by Gasteiger charge is -2.46. The maximum atomic E-state index is 9.47. The Hall–Kier alpha value is -0.0800. The highest BCUT2D eigenvalue weighted by molar-refractivity contribution is 5.06. The van der Waals surface area contributed by atoms with E-state index in [-0.39, 0.29) is 11.5 Å². The largest absolute Gasteiger partial charge is 0.392 e. The average Bonchev–Trinajstić information content (AvgIpc) is 2.07. The summed E-state index contributed by atoms with van der Waals surface area (Å²) in [5.74, 6) is 0.771. The molecule has 0 amide bonds. The lowest BCUT2D eigenvalue weighted by atomic mass is 9.61. The van der Waals surface area contributed by atoms with Crippen LogP contribution >= 0.6 is 0 Å². The van der Waals surface area contributed by atoms with Crippen LogP contribution in [-0.2, 0) is 0 Å². The van der Waals surface area contributed by atoms with Crippen LogP contribution in [0.2, 0.25) is 0 Å². The van der Waals surface area contributed by atoms with Gasteiger partial charge in [-0.3, -0.25) is 0 Å². The standard InChI is InChI=1S/C8H15NO/c1-8-5-9(2)4-6(8)3-7(8)10/h6-7,10H,3-5H2,1-2H3. The normalized spacial score (nSPS) is 54.3. The summed E-state index contributed by atoms with van der Waals surface area (Å²) in [6.07, 6.45) is 1.00. The molecule has 58 valence electrons. The quantitative estimate of drug-likeness (QED) is 0.525. The van der Waals surface area contributed by atoms with Crippen molar-refractivity contribution >= 4 is 0 Å². The highest BCUT2D eigenvalue weighted by Gasteiger charge is 2.55. The first-order valence-electron chi connectivity index (χ1n) is 3.99. The van der Waals surface area contributed by atoms with Gasteiger partial charge in [0.1, 0.15) is 0 Å². The van der Waals surface area contributed by atoms with Crippen molar-refractivity contribution in [2.45, 2.75) is 19.4 Å². The maximum Gasteiger partial charge on any atom is 0.0612 e. The number of likely N-dealkylation sites (tertiary alicyclic amines) is 1. The van der Waals surface area contributed by atoms with E-state index in [1.54, 1.807) is 0 Å². The predicted octanol–water partition coefficient (Wildman–Crippen LogP) is 0.319. The van der Waals surface area contributed by atoms with E-state index in [0.29, 0.717) is 0 Å². The van der Waals surface area contributed by atoms with Crippen molar-refractivity contribution in [2.24, 2.45) is 11.3 Å². The summed E-state index contributed by atoms with van der Waals surface area (Å²) < 4.78 is 0. The van der Waals surface area contributed by atoms with Crippen molar-refractivity contribution < 1.29 is 5.11 Å². The topological polar surface area (TPSA) is 23.5 Å². The number of hydrogen-bond acceptors (Lipinski definition) is 2. The van der Waals surface area contributed by atoms with Crippen LogP contribution in [0.4, 0.5) is 0 Å². The molecule has 0 aromatic carbocycles. The van der Waals surface area contributed by atoms with Crippen LogP contribution in [0.25, 0.3) is 0 Å². The molecular weight excluding hydrogens is 126 g/mol. The van der Waals surface area contributed by atoms with E-state index in [4.69, 9.17) is 0 Å². The highest BCUT2D eigenvalue weighted by atomic mass is 16.3. The molecule has 0 spiro atoms. The molecule has 0 aromatic rings. The Balaban J connectivity index is 2.14. The molecule has 3 unspecified atom stereocenters. The van der Waals surface area contributed by atoms with Crippen molar-refractivity contribution in [3.8, 4) is 0 Å². The van der Waals surface area contributed by atoms with Gasteiger partial charge >= 0.3 is 0 Å². The van der Waals surface area contributed by atoms with Crippen LogP contribution in [0.1, 0.15) is 13.3 Å². The fourth-order valence-electron chi connectivity index (χ4n) is 2.46. The minimum absolute atomic E-state index is 0.0255. The second-order valence-electron chi connectivity index (χ2n) is 4.15. The van der Waals surface area contributed by atoms with Gasteiger partial charge in [-0.2, -0.15) is 0 Å². The molecule has 1 heterocycles. The van der Waals surface area contributed by atoms with E-state index < -0.39 is 0 Å². The monoisotopic (exact) mass is 141 g/mol. The molecule has 2 rings (SSSR count).